The summed E-state index contributed by atoms with van der Waals surface area (Å²) in [5.74, 6) is 0. The first-order valence-corrected chi connectivity index (χ1v) is 24.6. The molecule has 0 nitrogen and oxygen atoms in total. The van der Waals surface area contributed by atoms with Gasteiger partial charge in [0.15, 0.2) is 0 Å². The van der Waals surface area contributed by atoms with Gasteiger partial charge < -0.3 is 0 Å². The third-order valence-corrected chi connectivity index (χ3v) is 15.6. The fraction of sp³-hybridized carbons (Fsp3) is 0. The predicted octanol–water partition coefficient (Wildman–Crippen LogP) is 19.8. The first kappa shape index (κ1) is 39.5. The highest BCUT2D eigenvalue weighted by Crippen LogP contribution is 2.48. The third-order valence-electron chi connectivity index (χ3n) is 14.4. The molecule has 1 heterocycles. The molecule has 0 N–H and O–H groups in total. The van der Waals surface area contributed by atoms with Crippen LogP contribution in [0.25, 0.3) is 141 Å². The maximum Gasteiger partial charge on any atom is 0.0349 e. The largest absolute Gasteiger partial charge is 0.135 e. The molecule has 0 saturated carbocycles. The monoisotopic (exact) mass is 890 g/mol. The number of hydrogen-bond donors (Lipinski definition) is 0. The lowest BCUT2D eigenvalue weighted by molar-refractivity contribution is 1.65. The summed E-state index contributed by atoms with van der Waals surface area (Å²) in [5.41, 5.74) is 12.5. The molecule has 13 aromatic carbocycles. The molecule has 14 aromatic rings. The van der Waals surface area contributed by atoms with E-state index in [1.54, 1.807) is 0 Å². The number of benzene rings is 13. The van der Waals surface area contributed by atoms with Crippen LogP contribution in [0.2, 0.25) is 0 Å². The van der Waals surface area contributed by atoms with Gasteiger partial charge in [0.25, 0.3) is 0 Å². The average Bonchev–Trinajstić information content (AvgIpc) is 3.92. The van der Waals surface area contributed by atoms with Gasteiger partial charge in [0.1, 0.15) is 0 Å². The molecule has 1 aromatic heterocycles. The predicted molar refractivity (Wildman–Crippen MR) is 299 cm³/mol. The summed E-state index contributed by atoms with van der Waals surface area (Å²) >= 11 is 1.87. The summed E-state index contributed by atoms with van der Waals surface area (Å²) in [6.07, 6.45) is 0. The van der Waals surface area contributed by atoms with Crippen LogP contribution in [0.5, 0.6) is 0 Å². The zero-order chi connectivity index (χ0) is 45.4. The Bertz CT molecular complexity index is 4320. The van der Waals surface area contributed by atoms with E-state index < -0.39 is 0 Å². The molecule has 0 aliphatic rings. The first-order chi connectivity index (χ1) is 34.2. The molecule has 0 fully saturated rings. The van der Waals surface area contributed by atoms with Gasteiger partial charge in [-0.2, -0.15) is 0 Å². The van der Waals surface area contributed by atoms with Gasteiger partial charge >= 0.3 is 0 Å². The van der Waals surface area contributed by atoms with Gasteiger partial charge in [-0.15, -0.1) is 11.3 Å². The molecular weight excluding hydrogens is 849 g/mol. The molecule has 320 valence electrons. The number of rotatable bonds is 6. The maximum atomic E-state index is 2.46. The Labute approximate surface area is 404 Å². The van der Waals surface area contributed by atoms with Crippen molar-refractivity contribution in [3.05, 3.63) is 255 Å². The van der Waals surface area contributed by atoms with Crippen molar-refractivity contribution < 1.29 is 0 Å². The van der Waals surface area contributed by atoms with E-state index in [0.29, 0.717) is 0 Å². The van der Waals surface area contributed by atoms with E-state index in [2.05, 4.69) is 255 Å². The average molecular weight is 891 g/mol. The van der Waals surface area contributed by atoms with Gasteiger partial charge in [0, 0.05) is 9.75 Å². The molecule has 69 heavy (non-hydrogen) atoms. The van der Waals surface area contributed by atoms with Crippen molar-refractivity contribution in [1.82, 2.24) is 0 Å². The van der Waals surface area contributed by atoms with Crippen molar-refractivity contribution in [3.63, 3.8) is 0 Å². The Kier molecular flexibility index (Phi) is 9.18. The minimum Gasteiger partial charge on any atom is -0.135 e. The molecule has 0 spiro atoms. The zero-order valence-corrected chi connectivity index (χ0v) is 38.5. The molecule has 0 radical (unpaired) electrons. The lowest BCUT2D eigenvalue weighted by Gasteiger charge is -2.19. The summed E-state index contributed by atoms with van der Waals surface area (Å²) in [4.78, 5) is 2.50. The molecule has 0 bridgehead atoms. The quantitative estimate of drug-likeness (QED) is 0.146. The molecule has 1 heteroatoms. The van der Waals surface area contributed by atoms with E-state index in [0.717, 1.165) is 0 Å². The highest BCUT2D eigenvalue weighted by molar-refractivity contribution is 7.18. The fourth-order valence-corrected chi connectivity index (χ4v) is 12.2. The zero-order valence-electron chi connectivity index (χ0n) is 37.7. The van der Waals surface area contributed by atoms with Crippen molar-refractivity contribution in [1.29, 1.82) is 0 Å². The van der Waals surface area contributed by atoms with Crippen LogP contribution in [0.4, 0.5) is 0 Å². The van der Waals surface area contributed by atoms with Crippen molar-refractivity contribution in [3.8, 4) is 65.4 Å². The Morgan fingerprint density at radius 3 is 0.899 bits per heavy atom. The van der Waals surface area contributed by atoms with Crippen LogP contribution in [0.1, 0.15) is 0 Å². The van der Waals surface area contributed by atoms with Crippen molar-refractivity contribution in [2.45, 2.75) is 0 Å². The molecule has 0 saturated heterocycles. The SMILES string of the molecule is c1cc(-c2ccc(-c3ccc4c(-c5ccc6ccccc6c5)c5ccccc5c(-c5ccc6ccccc6c5)c4c3)s2)cc(-c2c3ccccc3c(-c3ccc4ccccc4c3)c3ccccc23)c1. The van der Waals surface area contributed by atoms with Gasteiger partial charge in [-0.05, 0) is 174 Å². The standard InChI is InChI=1S/C68H42S/c1-4-17-46-38-52(31-28-43(46)14-1)66-57-24-9-7-22-55(57)65(56-23-8-10-25-58(56)66)51-21-13-20-49(41-51)63-36-37-64(69-63)50-34-35-61-62(42-50)68(54-33-30-45-16-3-6-19-48(45)40-54)60-27-12-11-26-59(60)67(61)53-32-29-44-15-2-5-18-47(44)39-53/h1-42H. The van der Waals surface area contributed by atoms with Gasteiger partial charge in [-0.3, -0.25) is 0 Å². The minimum atomic E-state index is 1.22. The van der Waals surface area contributed by atoms with Gasteiger partial charge in [-0.1, -0.05) is 212 Å². The number of hydrogen-bond acceptors (Lipinski definition) is 1. The van der Waals surface area contributed by atoms with E-state index in [4.69, 9.17) is 0 Å². The van der Waals surface area contributed by atoms with Crippen molar-refractivity contribution >= 4 is 86.7 Å². The van der Waals surface area contributed by atoms with E-state index in [1.165, 1.54) is 141 Å². The van der Waals surface area contributed by atoms with Crippen molar-refractivity contribution in [2.24, 2.45) is 0 Å². The summed E-state index contributed by atoms with van der Waals surface area (Å²) < 4.78 is 0. The van der Waals surface area contributed by atoms with Gasteiger partial charge in [0.2, 0.25) is 0 Å². The Hall–Kier alpha value is -8.62. The van der Waals surface area contributed by atoms with E-state index in [9.17, 15) is 0 Å². The molecule has 14 rings (SSSR count). The molecule has 0 atom stereocenters. The number of fused-ring (bicyclic) bond motifs is 7. The van der Waals surface area contributed by atoms with Gasteiger partial charge in [-0.25, -0.2) is 0 Å². The Morgan fingerprint density at radius 2 is 0.478 bits per heavy atom. The van der Waals surface area contributed by atoms with E-state index in [-0.39, 0.29) is 0 Å². The second kappa shape index (κ2) is 16.0. The Balaban J connectivity index is 0.922. The van der Waals surface area contributed by atoms with E-state index >= 15 is 0 Å². The normalized spacial score (nSPS) is 11.8. The van der Waals surface area contributed by atoms with Crippen LogP contribution in [0.15, 0.2) is 255 Å². The van der Waals surface area contributed by atoms with Crippen LogP contribution < -0.4 is 0 Å². The molecule has 0 aliphatic carbocycles. The van der Waals surface area contributed by atoms with Crippen LogP contribution in [-0.4, -0.2) is 0 Å². The summed E-state index contributed by atoms with van der Waals surface area (Å²) in [6, 6.07) is 94.8. The van der Waals surface area contributed by atoms with Crippen LogP contribution >= 0.6 is 11.3 Å². The highest BCUT2D eigenvalue weighted by atomic mass is 32.1. The fourth-order valence-electron chi connectivity index (χ4n) is 11.2. The lowest BCUT2D eigenvalue weighted by atomic mass is 9.84. The van der Waals surface area contributed by atoms with E-state index in [1.807, 2.05) is 11.3 Å². The second-order valence-electron chi connectivity index (χ2n) is 18.3. The topological polar surface area (TPSA) is 0 Å². The summed E-state index contributed by atoms with van der Waals surface area (Å²) in [5, 5.41) is 17.6. The van der Waals surface area contributed by atoms with Crippen LogP contribution in [0, 0.1) is 0 Å². The maximum absolute atomic E-state index is 2.46. The molecule has 0 aliphatic heterocycles. The number of thiophene rings is 1. The first-order valence-electron chi connectivity index (χ1n) is 23.8. The van der Waals surface area contributed by atoms with Crippen molar-refractivity contribution in [2.75, 3.05) is 0 Å². The minimum absolute atomic E-state index is 1.22. The van der Waals surface area contributed by atoms with Crippen LogP contribution in [-0.2, 0) is 0 Å². The van der Waals surface area contributed by atoms with Crippen LogP contribution in [0.3, 0.4) is 0 Å². The summed E-state index contributed by atoms with van der Waals surface area (Å²) in [7, 11) is 0. The molecule has 0 amide bonds. The molecule has 0 unspecified atom stereocenters. The lowest BCUT2D eigenvalue weighted by Crippen LogP contribution is -1.92. The third kappa shape index (κ3) is 6.58. The van der Waals surface area contributed by atoms with Gasteiger partial charge in [0.05, 0.1) is 0 Å². The summed E-state index contributed by atoms with van der Waals surface area (Å²) in [6.45, 7) is 0. The highest BCUT2D eigenvalue weighted by Gasteiger charge is 2.20. The molecular formula is C68H42S. The Morgan fingerprint density at radius 1 is 0.174 bits per heavy atom. The smallest absolute Gasteiger partial charge is 0.0349 e. The second-order valence-corrected chi connectivity index (χ2v) is 19.4.